The van der Waals surface area contributed by atoms with Crippen molar-refractivity contribution in [1.29, 1.82) is 0 Å². The number of rotatable bonds is 5. The number of ether oxygens (including phenoxy) is 2. The maximum Gasteiger partial charge on any atom is 0.248 e. The molecule has 22 heavy (non-hydrogen) atoms. The fraction of sp³-hybridized carbons (Fsp3) is 0.118. The molecule has 0 aliphatic carbocycles. The minimum absolute atomic E-state index is 0.216. The van der Waals surface area contributed by atoms with Crippen molar-refractivity contribution in [3.8, 4) is 11.5 Å². The van der Waals surface area contributed by atoms with Crippen LogP contribution in [0.2, 0.25) is 0 Å². The van der Waals surface area contributed by atoms with Crippen molar-refractivity contribution in [2.45, 2.75) is 0 Å². The van der Waals surface area contributed by atoms with Gasteiger partial charge >= 0.3 is 0 Å². The molecular formula is C17H16BrNO3. The first kappa shape index (κ1) is 16.1. The van der Waals surface area contributed by atoms with Gasteiger partial charge in [0.15, 0.2) is 0 Å². The second kappa shape index (κ2) is 7.66. The Morgan fingerprint density at radius 2 is 1.82 bits per heavy atom. The van der Waals surface area contributed by atoms with Crippen molar-refractivity contribution in [3.63, 3.8) is 0 Å². The van der Waals surface area contributed by atoms with Crippen molar-refractivity contribution in [1.82, 2.24) is 0 Å². The summed E-state index contributed by atoms with van der Waals surface area (Å²) in [6.45, 7) is 0. The lowest BCUT2D eigenvalue weighted by molar-refractivity contribution is -0.111. The van der Waals surface area contributed by atoms with E-state index in [9.17, 15) is 4.79 Å². The van der Waals surface area contributed by atoms with E-state index in [2.05, 4.69) is 21.2 Å². The molecule has 0 bridgehead atoms. The van der Waals surface area contributed by atoms with Crippen LogP contribution in [0.25, 0.3) is 6.08 Å². The Balaban J connectivity index is 2.06. The summed E-state index contributed by atoms with van der Waals surface area (Å²) in [6.07, 6.45) is 3.18. The highest BCUT2D eigenvalue weighted by Gasteiger charge is 2.02. The quantitative estimate of drug-likeness (QED) is 0.814. The molecule has 0 fully saturated rings. The number of benzene rings is 2. The van der Waals surface area contributed by atoms with Crippen LogP contribution in [-0.4, -0.2) is 20.1 Å². The Morgan fingerprint density at radius 1 is 1.09 bits per heavy atom. The molecule has 0 heterocycles. The zero-order valence-corrected chi connectivity index (χ0v) is 13.9. The molecule has 2 aromatic carbocycles. The summed E-state index contributed by atoms with van der Waals surface area (Å²) in [6, 6.07) is 12.7. The molecule has 0 atom stereocenters. The van der Waals surface area contributed by atoms with Crippen LogP contribution in [0, 0.1) is 0 Å². The van der Waals surface area contributed by atoms with Crippen LogP contribution >= 0.6 is 15.9 Å². The SMILES string of the molecule is COc1ccc(NC(=O)/C=C/c2cc(Br)ccc2OC)cc1. The number of hydrogen-bond donors (Lipinski definition) is 1. The third kappa shape index (κ3) is 4.36. The van der Waals surface area contributed by atoms with Crippen molar-refractivity contribution < 1.29 is 14.3 Å². The average Bonchev–Trinajstić information content (AvgIpc) is 2.54. The van der Waals surface area contributed by atoms with Gasteiger partial charge in [-0.05, 0) is 48.5 Å². The normalized spacial score (nSPS) is 10.5. The van der Waals surface area contributed by atoms with Crippen LogP contribution in [-0.2, 0) is 4.79 Å². The third-order valence-corrected chi connectivity index (χ3v) is 3.46. The Bertz CT molecular complexity index is 681. The minimum Gasteiger partial charge on any atom is -0.497 e. The van der Waals surface area contributed by atoms with Gasteiger partial charge in [0.2, 0.25) is 5.91 Å². The Labute approximate surface area is 137 Å². The molecule has 0 aromatic heterocycles. The summed E-state index contributed by atoms with van der Waals surface area (Å²) >= 11 is 3.40. The van der Waals surface area contributed by atoms with E-state index in [1.54, 1.807) is 44.6 Å². The van der Waals surface area contributed by atoms with Crippen molar-refractivity contribution in [2.75, 3.05) is 19.5 Å². The summed E-state index contributed by atoms with van der Waals surface area (Å²) in [5, 5.41) is 2.78. The van der Waals surface area contributed by atoms with Crippen LogP contribution in [0.5, 0.6) is 11.5 Å². The maximum absolute atomic E-state index is 11.9. The lowest BCUT2D eigenvalue weighted by Crippen LogP contribution is -2.07. The number of halogens is 1. The fourth-order valence-corrected chi connectivity index (χ4v) is 2.24. The first-order valence-electron chi connectivity index (χ1n) is 6.59. The van der Waals surface area contributed by atoms with Crippen LogP contribution in [0.15, 0.2) is 53.0 Å². The van der Waals surface area contributed by atoms with Crippen LogP contribution in [0.1, 0.15) is 5.56 Å². The highest BCUT2D eigenvalue weighted by molar-refractivity contribution is 9.10. The molecule has 0 aliphatic heterocycles. The molecule has 2 rings (SSSR count). The van der Waals surface area contributed by atoms with Gasteiger partial charge in [0.25, 0.3) is 0 Å². The highest BCUT2D eigenvalue weighted by Crippen LogP contribution is 2.24. The number of carbonyl (C=O) groups is 1. The van der Waals surface area contributed by atoms with Gasteiger partial charge in [0.1, 0.15) is 11.5 Å². The largest absolute Gasteiger partial charge is 0.497 e. The predicted molar refractivity (Wildman–Crippen MR) is 91.4 cm³/mol. The molecule has 0 saturated heterocycles. The van der Waals surface area contributed by atoms with Gasteiger partial charge in [-0.3, -0.25) is 4.79 Å². The van der Waals surface area contributed by atoms with Crippen LogP contribution < -0.4 is 14.8 Å². The van der Waals surface area contributed by atoms with Gasteiger partial charge in [-0.2, -0.15) is 0 Å². The van der Waals surface area contributed by atoms with Crippen molar-refractivity contribution in [2.24, 2.45) is 0 Å². The molecule has 4 nitrogen and oxygen atoms in total. The number of hydrogen-bond acceptors (Lipinski definition) is 3. The van der Waals surface area contributed by atoms with Crippen molar-refractivity contribution in [3.05, 3.63) is 58.6 Å². The first-order chi connectivity index (χ1) is 10.6. The van der Waals surface area contributed by atoms with Crippen LogP contribution in [0.3, 0.4) is 0 Å². The van der Waals surface area contributed by atoms with Gasteiger partial charge in [0, 0.05) is 21.8 Å². The lowest BCUT2D eigenvalue weighted by atomic mass is 10.2. The molecule has 1 N–H and O–H groups in total. The molecule has 5 heteroatoms. The Hall–Kier alpha value is -2.27. The van der Waals surface area contributed by atoms with E-state index in [1.165, 1.54) is 6.08 Å². The smallest absolute Gasteiger partial charge is 0.248 e. The van der Waals surface area contributed by atoms with E-state index in [4.69, 9.17) is 9.47 Å². The molecule has 0 radical (unpaired) electrons. The number of methoxy groups -OCH3 is 2. The number of nitrogens with one attached hydrogen (secondary N) is 1. The van der Waals surface area contributed by atoms with Gasteiger partial charge in [-0.15, -0.1) is 0 Å². The zero-order chi connectivity index (χ0) is 15.9. The third-order valence-electron chi connectivity index (χ3n) is 2.96. The summed E-state index contributed by atoms with van der Waals surface area (Å²) in [5.41, 5.74) is 1.53. The van der Waals surface area contributed by atoms with Gasteiger partial charge in [0.05, 0.1) is 14.2 Å². The molecular weight excluding hydrogens is 346 g/mol. The number of carbonyl (C=O) groups excluding carboxylic acids is 1. The fourth-order valence-electron chi connectivity index (χ4n) is 1.86. The molecule has 2 aromatic rings. The Kier molecular flexibility index (Phi) is 5.61. The van der Waals surface area contributed by atoms with E-state index < -0.39 is 0 Å². The molecule has 1 amide bonds. The zero-order valence-electron chi connectivity index (χ0n) is 12.3. The topological polar surface area (TPSA) is 47.6 Å². The molecule has 0 aliphatic rings. The minimum atomic E-state index is -0.216. The van der Waals surface area contributed by atoms with E-state index in [1.807, 2.05) is 18.2 Å². The summed E-state index contributed by atoms with van der Waals surface area (Å²) in [4.78, 5) is 11.9. The van der Waals surface area contributed by atoms with Crippen molar-refractivity contribution >= 4 is 33.6 Å². The average molecular weight is 362 g/mol. The maximum atomic E-state index is 11.9. The predicted octanol–water partition coefficient (Wildman–Crippen LogP) is 4.12. The lowest BCUT2D eigenvalue weighted by Gasteiger charge is -2.06. The monoisotopic (exact) mass is 361 g/mol. The molecule has 0 saturated carbocycles. The number of amides is 1. The summed E-state index contributed by atoms with van der Waals surface area (Å²) in [7, 11) is 3.19. The number of anilines is 1. The second-order valence-electron chi connectivity index (χ2n) is 4.44. The van der Waals surface area contributed by atoms with E-state index in [-0.39, 0.29) is 5.91 Å². The molecule has 0 spiro atoms. The second-order valence-corrected chi connectivity index (χ2v) is 5.35. The first-order valence-corrected chi connectivity index (χ1v) is 7.38. The van der Waals surface area contributed by atoms with E-state index >= 15 is 0 Å². The van der Waals surface area contributed by atoms with E-state index in [0.29, 0.717) is 11.4 Å². The van der Waals surface area contributed by atoms with Gasteiger partial charge < -0.3 is 14.8 Å². The van der Waals surface area contributed by atoms with Gasteiger partial charge in [-0.1, -0.05) is 15.9 Å². The summed E-state index contributed by atoms with van der Waals surface area (Å²) < 4.78 is 11.2. The standard InChI is InChI=1S/C17H16BrNO3/c1-21-15-7-5-14(6-8-15)19-17(20)10-3-12-11-13(18)4-9-16(12)22-2/h3-11H,1-2H3,(H,19,20)/b10-3+. The van der Waals surface area contributed by atoms with E-state index in [0.717, 1.165) is 15.8 Å². The highest BCUT2D eigenvalue weighted by atomic mass is 79.9. The molecule has 114 valence electrons. The van der Waals surface area contributed by atoms with Crippen LogP contribution in [0.4, 0.5) is 5.69 Å². The molecule has 0 unspecified atom stereocenters. The Morgan fingerprint density at radius 3 is 2.45 bits per heavy atom. The van der Waals surface area contributed by atoms with Gasteiger partial charge in [-0.25, -0.2) is 0 Å². The summed E-state index contributed by atoms with van der Waals surface area (Å²) in [5.74, 6) is 1.23.